The molecule has 0 aliphatic rings. The fourth-order valence-electron chi connectivity index (χ4n) is 1.78. The summed E-state index contributed by atoms with van der Waals surface area (Å²) in [6.07, 6.45) is 2.63. The van der Waals surface area contributed by atoms with Crippen LogP contribution in [0.15, 0.2) is 29.8 Å². The van der Waals surface area contributed by atoms with Gasteiger partial charge in [-0.15, -0.1) is 11.3 Å². The number of hydrogen-bond donors (Lipinski definition) is 2. The summed E-state index contributed by atoms with van der Waals surface area (Å²) in [4.78, 5) is 17.7. The highest BCUT2D eigenvalue weighted by molar-refractivity contribution is 7.09. The largest absolute Gasteiger partial charge is 0.397 e. The predicted molar refractivity (Wildman–Crippen MR) is 83.2 cm³/mol. The van der Waals surface area contributed by atoms with Gasteiger partial charge >= 0.3 is 0 Å². The zero-order chi connectivity index (χ0) is 14.5. The van der Waals surface area contributed by atoms with Gasteiger partial charge in [0, 0.05) is 44.2 Å². The Morgan fingerprint density at radius 1 is 1.45 bits per heavy atom. The standard InChI is InChI=1S/C14H18N4OS/c1-18(2)14(19)10-3-4-11(15)12(9-10)16-6-5-13-17-7-8-20-13/h3-4,7-9,16H,5-6,15H2,1-2H3. The topological polar surface area (TPSA) is 71.2 Å². The van der Waals surface area contributed by atoms with E-state index in [-0.39, 0.29) is 5.91 Å². The number of aromatic nitrogens is 1. The summed E-state index contributed by atoms with van der Waals surface area (Å²) in [6, 6.07) is 5.28. The van der Waals surface area contributed by atoms with Crippen molar-refractivity contribution in [3.63, 3.8) is 0 Å². The number of nitrogens with two attached hydrogens (primary N) is 1. The van der Waals surface area contributed by atoms with E-state index in [0.717, 1.165) is 23.7 Å². The van der Waals surface area contributed by atoms with E-state index in [9.17, 15) is 4.79 Å². The van der Waals surface area contributed by atoms with E-state index < -0.39 is 0 Å². The molecule has 0 spiro atoms. The number of benzene rings is 1. The van der Waals surface area contributed by atoms with Crippen molar-refractivity contribution in [1.29, 1.82) is 0 Å². The van der Waals surface area contributed by atoms with Gasteiger partial charge in [-0.1, -0.05) is 0 Å². The third-order valence-electron chi connectivity index (χ3n) is 2.84. The van der Waals surface area contributed by atoms with Crippen LogP contribution in [0.25, 0.3) is 0 Å². The Balaban J connectivity index is 2.03. The zero-order valence-corrected chi connectivity index (χ0v) is 12.4. The summed E-state index contributed by atoms with van der Waals surface area (Å²) in [5, 5.41) is 6.29. The van der Waals surface area contributed by atoms with Gasteiger partial charge in [0.25, 0.3) is 5.91 Å². The van der Waals surface area contributed by atoms with Crippen molar-refractivity contribution in [2.24, 2.45) is 0 Å². The van der Waals surface area contributed by atoms with Crippen LogP contribution in [-0.4, -0.2) is 36.4 Å². The molecule has 0 radical (unpaired) electrons. The Hall–Kier alpha value is -2.08. The molecule has 0 saturated heterocycles. The molecule has 2 aromatic rings. The highest BCUT2D eigenvalue weighted by Crippen LogP contribution is 2.20. The molecule has 2 rings (SSSR count). The average Bonchev–Trinajstić information content (AvgIpc) is 2.93. The first-order valence-electron chi connectivity index (χ1n) is 6.31. The second-order valence-corrected chi connectivity index (χ2v) is 5.58. The van der Waals surface area contributed by atoms with Crippen LogP contribution < -0.4 is 11.1 Å². The monoisotopic (exact) mass is 290 g/mol. The summed E-state index contributed by atoms with van der Waals surface area (Å²) in [6.45, 7) is 0.733. The number of nitrogen functional groups attached to an aromatic ring is 1. The Morgan fingerprint density at radius 2 is 2.25 bits per heavy atom. The van der Waals surface area contributed by atoms with Crippen LogP contribution in [0.3, 0.4) is 0 Å². The van der Waals surface area contributed by atoms with E-state index in [4.69, 9.17) is 5.73 Å². The van der Waals surface area contributed by atoms with E-state index in [1.165, 1.54) is 0 Å². The molecule has 20 heavy (non-hydrogen) atoms. The van der Waals surface area contributed by atoms with Gasteiger partial charge in [0.2, 0.25) is 0 Å². The van der Waals surface area contributed by atoms with E-state index in [0.29, 0.717) is 11.3 Å². The second kappa shape index (κ2) is 6.38. The number of amides is 1. The number of carbonyl (C=O) groups is 1. The molecule has 0 saturated carbocycles. The van der Waals surface area contributed by atoms with Crippen LogP contribution in [0.2, 0.25) is 0 Å². The quantitative estimate of drug-likeness (QED) is 0.827. The van der Waals surface area contributed by atoms with Gasteiger partial charge in [-0.2, -0.15) is 0 Å². The molecule has 1 heterocycles. The summed E-state index contributed by atoms with van der Waals surface area (Å²) in [7, 11) is 3.46. The van der Waals surface area contributed by atoms with Crippen LogP contribution in [0, 0.1) is 0 Å². The van der Waals surface area contributed by atoms with Crippen LogP contribution in [0.1, 0.15) is 15.4 Å². The van der Waals surface area contributed by atoms with Gasteiger partial charge in [0.15, 0.2) is 0 Å². The molecule has 5 nitrogen and oxygen atoms in total. The maximum atomic E-state index is 11.9. The predicted octanol–water partition coefficient (Wildman–Crippen LogP) is 2.08. The van der Waals surface area contributed by atoms with Crippen LogP contribution >= 0.6 is 11.3 Å². The van der Waals surface area contributed by atoms with Gasteiger partial charge in [0.05, 0.1) is 16.4 Å². The minimum absolute atomic E-state index is 0.0343. The molecular weight excluding hydrogens is 272 g/mol. The van der Waals surface area contributed by atoms with Gasteiger partial charge in [-0.25, -0.2) is 4.98 Å². The van der Waals surface area contributed by atoms with Gasteiger partial charge in [-0.05, 0) is 18.2 Å². The molecule has 1 amide bonds. The van der Waals surface area contributed by atoms with Gasteiger partial charge < -0.3 is 16.0 Å². The molecule has 0 aliphatic carbocycles. The molecule has 1 aromatic carbocycles. The Morgan fingerprint density at radius 3 is 2.90 bits per heavy atom. The Labute approximate surface area is 122 Å². The maximum absolute atomic E-state index is 11.9. The SMILES string of the molecule is CN(C)C(=O)c1ccc(N)c(NCCc2nccs2)c1. The van der Waals surface area contributed by atoms with Crippen molar-refractivity contribution in [1.82, 2.24) is 9.88 Å². The molecule has 0 aliphatic heterocycles. The molecule has 3 N–H and O–H groups in total. The van der Waals surface area contributed by atoms with Crippen molar-refractivity contribution in [2.75, 3.05) is 31.7 Å². The third-order valence-corrected chi connectivity index (χ3v) is 3.68. The van der Waals surface area contributed by atoms with Crippen molar-refractivity contribution in [3.05, 3.63) is 40.3 Å². The zero-order valence-electron chi connectivity index (χ0n) is 11.6. The fourth-order valence-corrected chi connectivity index (χ4v) is 2.40. The average molecular weight is 290 g/mol. The number of nitrogens with zero attached hydrogens (tertiary/aromatic N) is 2. The Kier molecular flexibility index (Phi) is 4.57. The van der Waals surface area contributed by atoms with E-state index in [1.54, 1.807) is 54.7 Å². The maximum Gasteiger partial charge on any atom is 0.253 e. The summed E-state index contributed by atoms with van der Waals surface area (Å²) in [5.41, 5.74) is 7.98. The lowest BCUT2D eigenvalue weighted by Gasteiger charge is -2.13. The minimum Gasteiger partial charge on any atom is -0.397 e. The molecule has 0 bridgehead atoms. The molecule has 1 aromatic heterocycles. The number of rotatable bonds is 5. The molecule has 0 fully saturated rings. The van der Waals surface area contributed by atoms with Crippen molar-refractivity contribution in [3.8, 4) is 0 Å². The van der Waals surface area contributed by atoms with Crippen molar-refractivity contribution in [2.45, 2.75) is 6.42 Å². The van der Waals surface area contributed by atoms with Crippen LogP contribution in [-0.2, 0) is 6.42 Å². The van der Waals surface area contributed by atoms with Gasteiger partial charge in [-0.3, -0.25) is 4.79 Å². The number of anilines is 2. The van der Waals surface area contributed by atoms with Crippen molar-refractivity contribution < 1.29 is 4.79 Å². The van der Waals surface area contributed by atoms with E-state index in [1.807, 2.05) is 5.38 Å². The van der Waals surface area contributed by atoms with Crippen molar-refractivity contribution >= 4 is 28.6 Å². The lowest BCUT2D eigenvalue weighted by Crippen LogP contribution is -2.22. The number of carbonyl (C=O) groups excluding carboxylic acids is 1. The normalized spacial score (nSPS) is 10.3. The molecular formula is C14H18N4OS. The third kappa shape index (κ3) is 3.48. The fraction of sp³-hybridized carbons (Fsp3) is 0.286. The second-order valence-electron chi connectivity index (χ2n) is 4.60. The van der Waals surface area contributed by atoms with Crippen LogP contribution in [0.5, 0.6) is 0 Å². The van der Waals surface area contributed by atoms with Crippen LogP contribution in [0.4, 0.5) is 11.4 Å². The highest BCUT2D eigenvalue weighted by atomic mass is 32.1. The highest BCUT2D eigenvalue weighted by Gasteiger charge is 2.10. The minimum atomic E-state index is -0.0343. The Bertz CT molecular complexity index is 581. The summed E-state index contributed by atoms with van der Waals surface area (Å²) < 4.78 is 0. The summed E-state index contributed by atoms with van der Waals surface area (Å²) in [5.74, 6) is -0.0343. The number of thiazole rings is 1. The lowest BCUT2D eigenvalue weighted by atomic mass is 10.1. The first kappa shape index (κ1) is 14.3. The lowest BCUT2D eigenvalue weighted by molar-refractivity contribution is 0.0827. The number of nitrogens with one attached hydrogen (secondary N) is 1. The molecule has 0 atom stereocenters. The van der Waals surface area contributed by atoms with E-state index in [2.05, 4.69) is 10.3 Å². The molecule has 6 heteroatoms. The first-order chi connectivity index (χ1) is 9.58. The number of hydrogen-bond acceptors (Lipinski definition) is 5. The first-order valence-corrected chi connectivity index (χ1v) is 7.19. The molecule has 106 valence electrons. The smallest absolute Gasteiger partial charge is 0.253 e. The molecule has 0 unspecified atom stereocenters. The van der Waals surface area contributed by atoms with Gasteiger partial charge in [0.1, 0.15) is 0 Å². The summed E-state index contributed by atoms with van der Waals surface area (Å²) >= 11 is 1.63. The van der Waals surface area contributed by atoms with E-state index >= 15 is 0 Å².